The number of morpholine rings is 1. The van der Waals surface area contributed by atoms with Crippen LogP contribution >= 0.6 is 0 Å². The van der Waals surface area contributed by atoms with E-state index in [9.17, 15) is 14.7 Å². The van der Waals surface area contributed by atoms with Crippen LogP contribution < -0.4 is 15.8 Å². The molecule has 5 rings (SSSR count). The van der Waals surface area contributed by atoms with E-state index in [0.717, 1.165) is 24.0 Å². The Hall–Kier alpha value is -3.39. The van der Waals surface area contributed by atoms with E-state index in [1.54, 1.807) is 18.2 Å². The van der Waals surface area contributed by atoms with Crippen LogP contribution in [0, 0.1) is 12.8 Å². The Bertz CT molecular complexity index is 1310. The Morgan fingerprint density at radius 1 is 1.23 bits per heavy atom. The zero-order valence-corrected chi connectivity index (χ0v) is 20.3. The van der Waals surface area contributed by atoms with Gasteiger partial charge in [0.2, 0.25) is 5.95 Å². The first-order chi connectivity index (χ1) is 16.9. The van der Waals surface area contributed by atoms with Crippen LogP contribution in [0.2, 0.25) is 0 Å². The number of hydrogen-bond acceptors (Lipinski definition) is 6. The second kappa shape index (κ2) is 9.70. The van der Waals surface area contributed by atoms with E-state index in [1.165, 1.54) is 6.42 Å². The Kier molecular flexibility index (Phi) is 6.47. The Morgan fingerprint density at radius 3 is 2.66 bits per heavy atom. The number of aromatic nitrogens is 2. The summed E-state index contributed by atoms with van der Waals surface area (Å²) in [4.78, 5) is 32.8. The molecule has 184 valence electrons. The molecule has 8 heteroatoms. The zero-order chi connectivity index (χ0) is 24.5. The third kappa shape index (κ3) is 4.62. The average molecular weight is 477 g/mol. The number of ether oxygens (including phenoxy) is 1. The maximum atomic E-state index is 13.9. The fourth-order valence-electron chi connectivity index (χ4n) is 5.03. The van der Waals surface area contributed by atoms with Gasteiger partial charge < -0.3 is 20.1 Å². The topological polar surface area (TPSA) is 96.7 Å². The Labute approximate surface area is 204 Å². The number of fused-ring (bicyclic) bond motifs is 1. The maximum Gasteiger partial charge on any atom is 0.337 e. The highest BCUT2D eigenvalue weighted by molar-refractivity contribution is 5.94. The van der Waals surface area contributed by atoms with E-state index >= 15 is 0 Å². The molecule has 0 bridgehead atoms. The van der Waals surface area contributed by atoms with Crippen LogP contribution in [0.5, 0.6) is 0 Å². The van der Waals surface area contributed by atoms with Gasteiger partial charge >= 0.3 is 5.97 Å². The fourth-order valence-corrected chi connectivity index (χ4v) is 5.03. The molecule has 0 spiro atoms. The lowest BCUT2D eigenvalue weighted by Gasteiger charge is -2.33. The summed E-state index contributed by atoms with van der Waals surface area (Å²) in [5.74, 6) is 0.242. The molecule has 2 N–H and O–H groups in total. The third-order valence-corrected chi connectivity index (χ3v) is 7.17. The zero-order valence-electron chi connectivity index (χ0n) is 20.3. The molecule has 1 saturated carbocycles. The molecule has 1 atom stereocenters. The summed E-state index contributed by atoms with van der Waals surface area (Å²) in [6, 6.07) is 10.6. The first-order valence-corrected chi connectivity index (χ1v) is 12.4. The van der Waals surface area contributed by atoms with Crippen LogP contribution in [0.1, 0.15) is 53.7 Å². The molecule has 2 fully saturated rings. The quantitative estimate of drug-likeness (QED) is 0.527. The van der Waals surface area contributed by atoms with E-state index < -0.39 is 5.97 Å². The van der Waals surface area contributed by atoms with Crippen molar-refractivity contribution in [2.24, 2.45) is 5.92 Å². The highest BCUT2D eigenvalue weighted by Gasteiger charge is 2.26. The monoisotopic (exact) mass is 476 g/mol. The molecule has 1 aliphatic heterocycles. The first kappa shape index (κ1) is 23.4. The standard InChI is InChI=1S/C27H32N4O4/c1-17-14-21(18(2)28-23-9-4-3-8-20(23)26(33)34)24-22(15-17)25(32)31(16-19-6-5-7-19)27(29-24)30-10-12-35-13-11-30/h3-4,8-9,14-15,18-19,28H,5-7,10-13,16H2,1-2H3,(H,33,34)/t18-/m1/s1. The van der Waals surface area contributed by atoms with Gasteiger partial charge in [0.1, 0.15) is 0 Å². The van der Waals surface area contributed by atoms with Gasteiger partial charge in [-0.3, -0.25) is 9.36 Å². The summed E-state index contributed by atoms with van der Waals surface area (Å²) in [5, 5.41) is 13.6. The molecule has 1 saturated heterocycles. The van der Waals surface area contributed by atoms with Crippen LogP contribution in [-0.2, 0) is 11.3 Å². The number of carbonyl (C=O) groups is 1. The minimum absolute atomic E-state index is 0.00789. The lowest BCUT2D eigenvalue weighted by molar-refractivity contribution is 0.0698. The Balaban J connectivity index is 1.62. The number of hydrogen-bond donors (Lipinski definition) is 2. The molecule has 0 radical (unpaired) electrons. The number of nitrogens with zero attached hydrogens (tertiary/aromatic N) is 3. The molecule has 0 amide bonds. The summed E-state index contributed by atoms with van der Waals surface area (Å²) in [6.07, 6.45) is 3.52. The van der Waals surface area contributed by atoms with E-state index in [4.69, 9.17) is 9.72 Å². The van der Waals surface area contributed by atoms with Crippen LogP contribution in [0.25, 0.3) is 10.9 Å². The number of anilines is 2. The molecule has 2 heterocycles. The van der Waals surface area contributed by atoms with Gasteiger partial charge in [-0.25, -0.2) is 9.78 Å². The number of nitrogens with one attached hydrogen (secondary N) is 1. The molecule has 2 aromatic carbocycles. The van der Waals surface area contributed by atoms with Crippen molar-refractivity contribution in [2.45, 2.75) is 45.7 Å². The molecule has 8 nitrogen and oxygen atoms in total. The lowest BCUT2D eigenvalue weighted by Crippen LogP contribution is -2.41. The number of aryl methyl sites for hydroxylation is 1. The van der Waals surface area contributed by atoms with Crippen molar-refractivity contribution in [2.75, 3.05) is 36.5 Å². The summed E-state index contributed by atoms with van der Waals surface area (Å²) in [7, 11) is 0. The van der Waals surface area contributed by atoms with Gasteiger partial charge in [0.15, 0.2) is 0 Å². The van der Waals surface area contributed by atoms with Gasteiger partial charge in [0.05, 0.1) is 35.7 Å². The second-order valence-corrected chi connectivity index (χ2v) is 9.69. The summed E-state index contributed by atoms with van der Waals surface area (Å²) >= 11 is 0. The predicted molar refractivity (Wildman–Crippen MR) is 137 cm³/mol. The van der Waals surface area contributed by atoms with Crippen molar-refractivity contribution < 1.29 is 14.6 Å². The highest BCUT2D eigenvalue weighted by atomic mass is 16.5. The summed E-state index contributed by atoms with van der Waals surface area (Å²) in [6.45, 7) is 7.27. The largest absolute Gasteiger partial charge is 0.478 e. The van der Waals surface area contributed by atoms with E-state index in [0.29, 0.717) is 61.3 Å². The van der Waals surface area contributed by atoms with Crippen molar-refractivity contribution in [1.29, 1.82) is 0 Å². The van der Waals surface area contributed by atoms with Gasteiger partial charge in [-0.15, -0.1) is 0 Å². The number of benzene rings is 2. The molecule has 35 heavy (non-hydrogen) atoms. The van der Waals surface area contributed by atoms with E-state index in [1.807, 2.05) is 36.6 Å². The average Bonchev–Trinajstić information content (AvgIpc) is 2.83. The smallest absolute Gasteiger partial charge is 0.337 e. The maximum absolute atomic E-state index is 13.9. The SMILES string of the molecule is Cc1cc([C@@H](C)Nc2ccccc2C(=O)O)c2nc(N3CCOCC3)n(CC3CCC3)c(=O)c2c1. The van der Waals surface area contributed by atoms with Gasteiger partial charge in [-0.1, -0.05) is 24.6 Å². The fraction of sp³-hybridized carbons (Fsp3) is 0.444. The van der Waals surface area contributed by atoms with Crippen molar-refractivity contribution in [3.05, 3.63) is 63.4 Å². The van der Waals surface area contributed by atoms with Crippen LogP contribution in [0.4, 0.5) is 11.6 Å². The number of para-hydroxylation sites is 1. The van der Waals surface area contributed by atoms with Gasteiger partial charge in [-0.05, 0) is 56.4 Å². The normalized spacial score (nSPS) is 17.3. The van der Waals surface area contributed by atoms with Gasteiger partial charge in [0, 0.05) is 30.9 Å². The van der Waals surface area contributed by atoms with Crippen molar-refractivity contribution in [3.63, 3.8) is 0 Å². The minimum atomic E-state index is -0.985. The molecule has 2 aliphatic rings. The van der Waals surface area contributed by atoms with Crippen LogP contribution in [0.3, 0.4) is 0 Å². The van der Waals surface area contributed by atoms with E-state index in [2.05, 4.69) is 10.2 Å². The van der Waals surface area contributed by atoms with Gasteiger partial charge in [-0.2, -0.15) is 0 Å². The molecule has 1 aliphatic carbocycles. The van der Waals surface area contributed by atoms with Crippen LogP contribution in [0.15, 0.2) is 41.2 Å². The van der Waals surface area contributed by atoms with Gasteiger partial charge in [0.25, 0.3) is 5.56 Å². The molecule has 3 aromatic rings. The lowest BCUT2D eigenvalue weighted by atomic mass is 9.85. The third-order valence-electron chi connectivity index (χ3n) is 7.17. The van der Waals surface area contributed by atoms with Crippen LogP contribution in [-0.4, -0.2) is 46.9 Å². The van der Waals surface area contributed by atoms with Crippen molar-refractivity contribution in [3.8, 4) is 0 Å². The second-order valence-electron chi connectivity index (χ2n) is 9.69. The van der Waals surface area contributed by atoms with E-state index in [-0.39, 0.29) is 17.2 Å². The first-order valence-electron chi connectivity index (χ1n) is 12.4. The molecular weight excluding hydrogens is 444 g/mol. The van der Waals surface area contributed by atoms with Crippen molar-refractivity contribution in [1.82, 2.24) is 9.55 Å². The van der Waals surface area contributed by atoms with Crippen molar-refractivity contribution >= 4 is 28.5 Å². The number of carboxylic acid groups (broad SMARTS) is 1. The molecule has 1 aromatic heterocycles. The molecular formula is C27H32N4O4. The predicted octanol–water partition coefficient (Wildman–Crippen LogP) is 4.21. The number of aromatic carboxylic acids is 1. The summed E-state index contributed by atoms with van der Waals surface area (Å²) in [5.41, 5.74) is 3.25. The number of carboxylic acids is 1. The highest BCUT2D eigenvalue weighted by Crippen LogP contribution is 2.32. The summed E-state index contributed by atoms with van der Waals surface area (Å²) < 4.78 is 7.43. The Morgan fingerprint density at radius 2 is 1.97 bits per heavy atom. The number of rotatable bonds is 7. The minimum Gasteiger partial charge on any atom is -0.478 e. The molecule has 0 unspecified atom stereocenters.